The number of nitrogen functional groups attached to an aromatic ring is 1. The van der Waals surface area contributed by atoms with Crippen LogP contribution in [0.4, 0.5) is 11.6 Å². The molecule has 1 fully saturated rings. The Kier molecular flexibility index (Phi) is 3.39. The molecule has 3 rings (SSSR count). The number of ether oxygens (including phenoxy) is 1. The molecule has 100 valence electrons. The van der Waals surface area contributed by atoms with Gasteiger partial charge in [0, 0.05) is 23.2 Å². The Bertz CT molecular complexity index is 581. The van der Waals surface area contributed by atoms with Crippen molar-refractivity contribution < 1.29 is 9.26 Å². The van der Waals surface area contributed by atoms with Crippen molar-refractivity contribution in [2.45, 2.75) is 0 Å². The summed E-state index contributed by atoms with van der Waals surface area (Å²) < 4.78 is 11.5. The first kappa shape index (κ1) is 12.4. The van der Waals surface area contributed by atoms with Gasteiger partial charge in [0.25, 0.3) is 11.8 Å². The second-order valence-corrected chi connectivity index (χ2v) is 5.15. The zero-order valence-electron chi connectivity index (χ0n) is 10.2. The maximum atomic E-state index is 5.93. The van der Waals surface area contributed by atoms with Gasteiger partial charge in [-0.15, -0.1) is 0 Å². The SMILES string of the molecule is Nc1ccc(Br)cc1-c1nc(N2CCOCC2)no1. The molecule has 19 heavy (non-hydrogen) atoms. The number of anilines is 2. The van der Waals surface area contributed by atoms with Gasteiger partial charge in [-0.2, -0.15) is 4.98 Å². The first-order chi connectivity index (χ1) is 9.24. The van der Waals surface area contributed by atoms with Gasteiger partial charge in [-0.05, 0) is 23.4 Å². The molecule has 1 aromatic carbocycles. The fourth-order valence-electron chi connectivity index (χ4n) is 1.93. The quantitative estimate of drug-likeness (QED) is 0.850. The molecule has 0 bridgehead atoms. The average molecular weight is 325 g/mol. The van der Waals surface area contributed by atoms with Crippen LogP contribution in [-0.4, -0.2) is 36.4 Å². The van der Waals surface area contributed by atoms with Crippen LogP contribution in [0.5, 0.6) is 0 Å². The van der Waals surface area contributed by atoms with Crippen LogP contribution in [0.3, 0.4) is 0 Å². The molecule has 1 saturated heterocycles. The molecular formula is C12H13BrN4O2. The maximum absolute atomic E-state index is 5.93. The van der Waals surface area contributed by atoms with Crippen molar-refractivity contribution in [3.05, 3.63) is 22.7 Å². The summed E-state index contributed by atoms with van der Waals surface area (Å²) in [5.41, 5.74) is 7.28. The number of halogens is 1. The molecule has 7 heteroatoms. The molecule has 0 amide bonds. The van der Waals surface area contributed by atoms with Crippen LogP contribution in [-0.2, 0) is 4.74 Å². The van der Waals surface area contributed by atoms with E-state index in [-0.39, 0.29) is 0 Å². The molecule has 2 heterocycles. The second kappa shape index (κ2) is 5.18. The highest BCUT2D eigenvalue weighted by Crippen LogP contribution is 2.29. The standard InChI is InChI=1S/C12H13BrN4O2/c13-8-1-2-10(14)9(7-8)11-15-12(16-19-11)17-3-5-18-6-4-17/h1-2,7H,3-6,14H2. The average Bonchev–Trinajstić information content (AvgIpc) is 2.92. The van der Waals surface area contributed by atoms with Crippen LogP contribution >= 0.6 is 15.9 Å². The van der Waals surface area contributed by atoms with E-state index in [1.54, 1.807) is 6.07 Å². The predicted molar refractivity (Wildman–Crippen MR) is 74.9 cm³/mol. The Morgan fingerprint density at radius 3 is 2.84 bits per heavy atom. The molecule has 0 unspecified atom stereocenters. The molecule has 0 saturated carbocycles. The largest absolute Gasteiger partial charge is 0.398 e. The zero-order valence-corrected chi connectivity index (χ0v) is 11.8. The summed E-state index contributed by atoms with van der Waals surface area (Å²) in [4.78, 5) is 6.43. The fraction of sp³-hybridized carbons (Fsp3) is 0.333. The lowest BCUT2D eigenvalue weighted by Gasteiger charge is -2.24. The van der Waals surface area contributed by atoms with E-state index in [1.807, 2.05) is 17.0 Å². The van der Waals surface area contributed by atoms with Gasteiger partial charge in [-0.25, -0.2) is 0 Å². The number of morpholine rings is 1. The molecule has 2 aromatic rings. The second-order valence-electron chi connectivity index (χ2n) is 4.23. The van der Waals surface area contributed by atoms with Crippen molar-refractivity contribution in [2.75, 3.05) is 36.9 Å². The minimum atomic E-state index is 0.431. The molecular weight excluding hydrogens is 312 g/mol. The molecule has 0 aliphatic carbocycles. The summed E-state index contributed by atoms with van der Waals surface area (Å²) in [7, 11) is 0. The van der Waals surface area contributed by atoms with E-state index in [0.29, 0.717) is 30.7 Å². The van der Waals surface area contributed by atoms with Gasteiger partial charge in [0.1, 0.15) is 0 Å². The Morgan fingerprint density at radius 2 is 2.05 bits per heavy atom. The first-order valence-corrected chi connectivity index (χ1v) is 6.75. The van der Waals surface area contributed by atoms with Crippen LogP contribution in [0.25, 0.3) is 11.5 Å². The van der Waals surface area contributed by atoms with Gasteiger partial charge in [0.2, 0.25) is 0 Å². The topological polar surface area (TPSA) is 77.4 Å². The summed E-state index contributed by atoms with van der Waals surface area (Å²) in [6.07, 6.45) is 0. The lowest BCUT2D eigenvalue weighted by Crippen LogP contribution is -2.36. The molecule has 1 aliphatic heterocycles. The number of hydrogen-bond donors (Lipinski definition) is 1. The van der Waals surface area contributed by atoms with Crippen LogP contribution in [0.1, 0.15) is 0 Å². The van der Waals surface area contributed by atoms with Crippen LogP contribution < -0.4 is 10.6 Å². The maximum Gasteiger partial charge on any atom is 0.266 e. The number of hydrogen-bond acceptors (Lipinski definition) is 6. The molecule has 0 radical (unpaired) electrons. The number of nitrogens with two attached hydrogens (primary N) is 1. The van der Waals surface area contributed by atoms with Crippen molar-refractivity contribution in [3.63, 3.8) is 0 Å². The van der Waals surface area contributed by atoms with Gasteiger partial charge < -0.3 is 19.9 Å². The van der Waals surface area contributed by atoms with Crippen molar-refractivity contribution >= 4 is 27.6 Å². The molecule has 6 nitrogen and oxygen atoms in total. The minimum Gasteiger partial charge on any atom is -0.398 e. The van der Waals surface area contributed by atoms with E-state index in [0.717, 1.165) is 23.1 Å². The molecule has 0 atom stereocenters. The first-order valence-electron chi connectivity index (χ1n) is 5.96. The van der Waals surface area contributed by atoms with Crippen molar-refractivity contribution in [3.8, 4) is 11.5 Å². The van der Waals surface area contributed by atoms with Crippen LogP contribution in [0, 0.1) is 0 Å². The molecule has 2 N–H and O–H groups in total. The van der Waals surface area contributed by atoms with E-state index in [1.165, 1.54) is 0 Å². The monoisotopic (exact) mass is 324 g/mol. The Labute approximate surface area is 118 Å². The zero-order chi connectivity index (χ0) is 13.2. The fourth-order valence-corrected chi connectivity index (χ4v) is 2.29. The third-order valence-corrected chi connectivity index (χ3v) is 3.45. The minimum absolute atomic E-state index is 0.431. The normalized spacial score (nSPS) is 15.7. The lowest BCUT2D eigenvalue weighted by molar-refractivity contribution is 0.121. The van der Waals surface area contributed by atoms with Crippen molar-refractivity contribution in [1.82, 2.24) is 10.1 Å². The van der Waals surface area contributed by atoms with Gasteiger partial charge in [-0.3, -0.25) is 0 Å². The third-order valence-electron chi connectivity index (χ3n) is 2.95. The van der Waals surface area contributed by atoms with Gasteiger partial charge >= 0.3 is 0 Å². The number of rotatable bonds is 2. The highest BCUT2D eigenvalue weighted by molar-refractivity contribution is 9.10. The Morgan fingerprint density at radius 1 is 1.26 bits per heavy atom. The van der Waals surface area contributed by atoms with Gasteiger partial charge in [-0.1, -0.05) is 15.9 Å². The van der Waals surface area contributed by atoms with Crippen LogP contribution in [0.15, 0.2) is 27.2 Å². The van der Waals surface area contributed by atoms with Gasteiger partial charge in [0.05, 0.1) is 18.8 Å². The molecule has 1 aromatic heterocycles. The van der Waals surface area contributed by atoms with Crippen molar-refractivity contribution in [2.24, 2.45) is 0 Å². The van der Waals surface area contributed by atoms with E-state index < -0.39 is 0 Å². The summed E-state index contributed by atoms with van der Waals surface area (Å²) in [5.74, 6) is 1.01. The third kappa shape index (κ3) is 2.57. The Hall–Kier alpha value is -1.60. The smallest absolute Gasteiger partial charge is 0.266 e. The van der Waals surface area contributed by atoms with Crippen LogP contribution in [0.2, 0.25) is 0 Å². The molecule has 0 spiro atoms. The van der Waals surface area contributed by atoms with E-state index in [2.05, 4.69) is 26.1 Å². The molecule has 1 aliphatic rings. The summed E-state index contributed by atoms with van der Waals surface area (Å²) in [6.45, 7) is 2.91. The highest BCUT2D eigenvalue weighted by Gasteiger charge is 2.18. The number of nitrogens with zero attached hydrogens (tertiary/aromatic N) is 3. The lowest BCUT2D eigenvalue weighted by atomic mass is 10.2. The number of benzene rings is 1. The number of aromatic nitrogens is 2. The summed E-state index contributed by atoms with van der Waals surface area (Å²) in [6, 6.07) is 5.54. The van der Waals surface area contributed by atoms with Crippen molar-refractivity contribution in [1.29, 1.82) is 0 Å². The van der Waals surface area contributed by atoms with E-state index in [4.69, 9.17) is 15.0 Å². The van der Waals surface area contributed by atoms with Gasteiger partial charge in [0.15, 0.2) is 0 Å². The highest BCUT2D eigenvalue weighted by atomic mass is 79.9. The predicted octanol–water partition coefficient (Wildman–Crippen LogP) is 1.92. The van der Waals surface area contributed by atoms with E-state index >= 15 is 0 Å². The summed E-state index contributed by atoms with van der Waals surface area (Å²) >= 11 is 3.40. The van der Waals surface area contributed by atoms with E-state index in [9.17, 15) is 0 Å². The summed E-state index contributed by atoms with van der Waals surface area (Å²) in [5, 5.41) is 4.00. The Balaban J connectivity index is 1.89.